The maximum absolute atomic E-state index is 14.8. The van der Waals surface area contributed by atoms with Crippen LogP contribution in [0.5, 0.6) is 5.75 Å². The average Bonchev–Trinajstić information content (AvgIpc) is 3.78. The van der Waals surface area contributed by atoms with Crippen molar-refractivity contribution in [1.82, 2.24) is 30.0 Å². The molecule has 0 atom stereocenters. The number of aryl methyl sites for hydroxylation is 2. The van der Waals surface area contributed by atoms with Gasteiger partial charge in [-0.15, -0.1) is 21.5 Å². The Morgan fingerprint density at radius 2 is 1.85 bits per heavy atom. The van der Waals surface area contributed by atoms with Crippen molar-refractivity contribution in [1.29, 1.82) is 0 Å². The highest BCUT2D eigenvalue weighted by atomic mass is 32.1. The Labute approximate surface area is 356 Å². The third kappa shape index (κ3) is 13.5. The molecule has 3 aromatic heterocycles. The van der Waals surface area contributed by atoms with Crippen LogP contribution in [0.1, 0.15) is 52.2 Å². The van der Waals surface area contributed by atoms with Crippen molar-refractivity contribution in [3.63, 3.8) is 0 Å². The maximum Gasteiger partial charge on any atom is 0.357 e. The van der Waals surface area contributed by atoms with Crippen molar-refractivity contribution in [3.05, 3.63) is 80.8 Å². The number of methoxy groups -OCH3 is 1. The van der Waals surface area contributed by atoms with Gasteiger partial charge in [-0.05, 0) is 108 Å². The van der Waals surface area contributed by atoms with Gasteiger partial charge >= 0.3 is 5.97 Å². The summed E-state index contributed by atoms with van der Waals surface area (Å²) in [5.74, 6) is 6.28. The molecule has 0 saturated heterocycles. The quantitative estimate of drug-likeness (QED) is 0.0335. The molecule has 0 bridgehead atoms. The zero-order valence-corrected chi connectivity index (χ0v) is 38.2. The van der Waals surface area contributed by atoms with Crippen LogP contribution >= 0.6 is 22.7 Å². The number of nitrogens with zero attached hydrogens (tertiary/aromatic N) is 7. The number of anilines is 2. The first kappa shape index (κ1) is 45.6. The molecular formula is C43H57FN8O4S2Si. The Hall–Kier alpha value is -4.50. The molecule has 59 heavy (non-hydrogen) atoms. The number of hydrogen-bond acceptors (Lipinski definition) is 13. The smallest absolute Gasteiger partial charge is 0.357 e. The van der Waals surface area contributed by atoms with Crippen LogP contribution in [0.2, 0.25) is 25.7 Å². The number of para-hydroxylation sites is 1. The van der Waals surface area contributed by atoms with Gasteiger partial charge in [0.1, 0.15) is 6.73 Å². The fraction of sp³-hybridized carbons (Fsp3) is 0.465. The second-order valence-corrected chi connectivity index (χ2v) is 23.4. The van der Waals surface area contributed by atoms with Crippen molar-refractivity contribution in [2.24, 2.45) is 4.99 Å². The molecule has 5 rings (SSSR count). The molecule has 0 aliphatic rings. The number of esters is 1. The Balaban J connectivity index is 1.37. The molecule has 0 aliphatic carbocycles. The number of fused-ring (bicyclic) bond motifs is 1. The summed E-state index contributed by atoms with van der Waals surface area (Å²) < 4.78 is 35.2. The SMILES string of the molecule is CNCCCCCN(c1cc(C)c(/N=c2\sc3ccccc3n2COCC[Si](C)(C)C)nn1)c1nc(C(=O)OC)c(CCCOc2ccc(C#CCN(C)C)cc2F)s1. The molecule has 0 unspecified atom stereocenters. The van der Waals surface area contributed by atoms with Crippen LogP contribution in [0.25, 0.3) is 10.2 Å². The van der Waals surface area contributed by atoms with Gasteiger partial charge in [0.05, 0.1) is 30.5 Å². The molecule has 16 heteroatoms. The number of ether oxygens (including phenoxy) is 3. The van der Waals surface area contributed by atoms with Gasteiger partial charge < -0.3 is 24.4 Å². The van der Waals surface area contributed by atoms with Gasteiger partial charge in [0.25, 0.3) is 0 Å². The van der Waals surface area contributed by atoms with Gasteiger partial charge in [-0.3, -0.25) is 9.47 Å². The first-order valence-electron chi connectivity index (χ1n) is 20.0. The van der Waals surface area contributed by atoms with Crippen molar-refractivity contribution in [2.45, 2.75) is 71.4 Å². The second-order valence-electron chi connectivity index (χ2n) is 15.7. The molecular weight excluding hydrogens is 804 g/mol. The molecule has 2 aromatic carbocycles. The average molecular weight is 861 g/mol. The summed E-state index contributed by atoms with van der Waals surface area (Å²) in [4.78, 5) is 28.3. The number of thiazole rings is 2. The lowest BCUT2D eigenvalue weighted by Gasteiger charge is -2.21. The standard InChI is InChI=1S/C43H57FN8O4S2Si/c1-31-28-38(48-49-40(31)47-43-52(30-55-26-27-59(6,7)8)34-17-10-11-18-36(34)57-43)51(24-13-9-12-22-45-2)42-46-39(41(53)54-5)37(58-42)19-15-25-56-35-21-20-32(29-33(35)44)16-14-23-50(3)4/h10-11,17-18,20-21,28-29,45H,9,12-13,15,19,22-27,30H2,1-8H3/b47-43-. The van der Waals surface area contributed by atoms with Gasteiger partial charge in [-0.1, -0.05) is 61.4 Å². The van der Waals surface area contributed by atoms with Crippen LogP contribution in [0.15, 0.2) is 53.5 Å². The minimum absolute atomic E-state index is 0.155. The zero-order valence-electron chi connectivity index (χ0n) is 35.6. The van der Waals surface area contributed by atoms with E-state index >= 15 is 0 Å². The zero-order chi connectivity index (χ0) is 42.4. The highest BCUT2D eigenvalue weighted by molar-refractivity contribution is 7.16. The molecule has 0 fully saturated rings. The van der Waals surface area contributed by atoms with Crippen molar-refractivity contribution < 1.29 is 23.4 Å². The predicted octanol–water partition coefficient (Wildman–Crippen LogP) is 8.18. The van der Waals surface area contributed by atoms with Crippen molar-refractivity contribution >= 4 is 63.7 Å². The summed E-state index contributed by atoms with van der Waals surface area (Å²) in [5, 5.41) is 13.2. The number of nitrogens with one attached hydrogen (secondary N) is 1. The topological polar surface area (TPSA) is 119 Å². The second kappa shape index (κ2) is 22.2. The minimum atomic E-state index is -1.23. The van der Waals surface area contributed by atoms with Crippen molar-refractivity contribution in [3.8, 4) is 17.6 Å². The maximum atomic E-state index is 14.8. The van der Waals surface area contributed by atoms with E-state index in [4.69, 9.17) is 24.2 Å². The highest BCUT2D eigenvalue weighted by Gasteiger charge is 2.24. The minimum Gasteiger partial charge on any atom is -0.491 e. The number of benzene rings is 2. The van der Waals surface area contributed by atoms with Gasteiger partial charge in [0.2, 0.25) is 0 Å². The molecule has 0 spiro atoms. The lowest BCUT2D eigenvalue weighted by Crippen LogP contribution is -2.23. The number of unbranched alkanes of at least 4 members (excludes halogenated alkanes) is 2. The van der Waals surface area contributed by atoms with Crippen molar-refractivity contribution in [2.75, 3.05) is 66.0 Å². The summed E-state index contributed by atoms with van der Waals surface area (Å²) in [6.07, 6.45) is 3.88. The van der Waals surface area contributed by atoms with E-state index in [2.05, 4.69) is 63.7 Å². The summed E-state index contributed by atoms with van der Waals surface area (Å²) in [6, 6.07) is 16.0. The Morgan fingerprint density at radius 1 is 1.03 bits per heavy atom. The molecule has 0 saturated carbocycles. The van der Waals surface area contributed by atoms with E-state index in [-0.39, 0.29) is 18.1 Å². The first-order chi connectivity index (χ1) is 28.4. The number of halogens is 1. The van der Waals surface area contributed by atoms with E-state index in [0.717, 1.165) is 57.3 Å². The lowest BCUT2D eigenvalue weighted by atomic mass is 10.2. The third-order valence-electron chi connectivity index (χ3n) is 9.20. The third-order valence-corrected chi connectivity index (χ3v) is 13.1. The summed E-state index contributed by atoms with van der Waals surface area (Å²) in [6.45, 7) is 12.5. The number of aromatic nitrogens is 4. The summed E-state index contributed by atoms with van der Waals surface area (Å²) >= 11 is 3.00. The molecule has 0 amide bonds. The van der Waals surface area contributed by atoms with Crippen LogP contribution in [0.4, 0.5) is 21.2 Å². The Morgan fingerprint density at radius 3 is 2.58 bits per heavy atom. The number of rotatable bonds is 21. The molecule has 12 nitrogen and oxygen atoms in total. The van der Waals surface area contributed by atoms with E-state index in [9.17, 15) is 9.18 Å². The van der Waals surface area contributed by atoms with Gasteiger partial charge in [0.15, 0.2) is 38.8 Å². The summed E-state index contributed by atoms with van der Waals surface area (Å²) in [7, 11) is 5.92. The van der Waals surface area contributed by atoms with Gasteiger partial charge in [0, 0.05) is 31.7 Å². The van der Waals surface area contributed by atoms with E-state index in [1.807, 2.05) is 56.1 Å². The fourth-order valence-corrected chi connectivity index (χ4v) is 8.81. The van der Waals surface area contributed by atoms with E-state index < -0.39 is 19.9 Å². The number of hydrogen-bond donors (Lipinski definition) is 1. The Kier molecular flexibility index (Phi) is 17.1. The first-order valence-corrected chi connectivity index (χ1v) is 25.3. The molecule has 3 heterocycles. The highest BCUT2D eigenvalue weighted by Crippen LogP contribution is 2.34. The van der Waals surface area contributed by atoms with Crippen LogP contribution in [0.3, 0.4) is 0 Å². The molecule has 1 N–H and O–H groups in total. The van der Waals surface area contributed by atoms with Crippen LogP contribution in [0, 0.1) is 24.6 Å². The van der Waals surface area contributed by atoms with Gasteiger partial charge in [-0.25, -0.2) is 14.2 Å². The fourth-order valence-electron chi connectivity index (χ4n) is 5.91. The largest absolute Gasteiger partial charge is 0.491 e. The van der Waals surface area contributed by atoms with Crippen LogP contribution in [-0.2, 0) is 22.6 Å². The van der Waals surface area contributed by atoms with E-state index in [1.165, 1.54) is 24.5 Å². The van der Waals surface area contributed by atoms with Crippen LogP contribution in [-0.4, -0.2) is 99.8 Å². The number of carbonyl (C=O) groups is 1. The molecule has 0 aliphatic heterocycles. The van der Waals surface area contributed by atoms with E-state index in [1.54, 1.807) is 23.5 Å². The normalized spacial score (nSPS) is 11.9. The summed E-state index contributed by atoms with van der Waals surface area (Å²) in [5.41, 5.74) is 2.75. The molecule has 316 valence electrons. The van der Waals surface area contributed by atoms with E-state index in [0.29, 0.717) is 61.6 Å². The van der Waals surface area contributed by atoms with Gasteiger partial charge in [-0.2, -0.15) is 4.99 Å². The van der Waals surface area contributed by atoms with Crippen LogP contribution < -0.4 is 19.8 Å². The lowest BCUT2D eigenvalue weighted by molar-refractivity contribution is 0.0593. The Bertz CT molecular complexity index is 2290. The molecule has 0 radical (unpaired) electrons. The monoisotopic (exact) mass is 860 g/mol. The predicted molar refractivity (Wildman–Crippen MR) is 240 cm³/mol. The molecule has 5 aromatic rings. The number of carbonyl (C=O) groups excluding carboxylic acids is 1.